The molecule has 110 valence electrons. The van der Waals surface area contributed by atoms with E-state index in [1.165, 1.54) is 18.3 Å². The first-order chi connectivity index (χ1) is 9.97. The van der Waals surface area contributed by atoms with Crippen molar-refractivity contribution in [3.8, 4) is 0 Å². The van der Waals surface area contributed by atoms with Gasteiger partial charge in [0, 0.05) is 10.6 Å². The number of benzene rings is 2. The summed E-state index contributed by atoms with van der Waals surface area (Å²) >= 11 is 5.93. The van der Waals surface area contributed by atoms with Gasteiger partial charge in [-0.05, 0) is 23.8 Å². The Bertz CT molecular complexity index is 641. The molecule has 0 aliphatic rings. The van der Waals surface area contributed by atoms with Crippen LogP contribution in [0.4, 0.5) is 13.2 Å². The lowest BCUT2D eigenvalue weighted by molar-refractivity contribution is -0.137. The van der Waals surface area contributed by atoms with Gasteiger partial charge in [-0.3, -0.25) is 0 Å². The average Bonchev–Trinajstić information content (AvgIpc) is 2.45. The molecule has 2 rings (SSSR count). The van der Waals surface area contributed by atoms with E-state index in [-0.39, 0.29) is 6.61 Å². The van der Waals surface area contributed by atoms with Crippen LogP contribution < -0.4 is 0 Å². The van der Waals surface area contributed by atoms with Gasteiger partial charge >= 0.3 is 6.18 Å². The van der Waals surface area contributed by atoms with E-state index in [0.29, 0.717) is 10.6 Å². The van der Waals surface area contributed by atoms with Gasteiger partial charge in [-0.1, -0.05) is 47.1 Å². The number of halogens is 4. The normalized spacial score (nSPS) is 11.8. The van der Waals surface area contributed by atoms with Gasteiger partial charge < -0.3 is 4.84 Å². The smallest absolute Gasteiger partial charge is 0.391 e. The van der Waals surface area contributed by atoms with Gasteiger partial charge in [0.05, 0.1) is 11.8 Å². The summed E-state index contributed by atoms with van der Waals surface area (Å²) in [6.45, 7) is 0.148. The fourth-order valence-corrected chi connectivity index (χ4v) is 1.81. The molecule has 0 aliphatic carbocycles. The summed E-state index contributed by atoms with van der Waals surface area (Å²) in [7, 11) is 0. The Labute approximate surface area is 124 Å². The van der Waals surface area contributed by atoms with Crippen molar-refractivity contribution in [3.63, 3.8) is 0 Å². The number of rotatable bonds is 4. The summed E-state index contributed by atoms with van der Waals surface area (Å²) in [6.07, 6.45) is -3.14. The zero-order valence-electron chi connectivity index (χ0n) is 10.8. The maximum atomic E-state index is 12.5. The molecule has 0 saturated heterocycles. The first kappa shape index (κ1) is 15.4. The number of hydrogen-bond acceptors (Lipinski definition) is 2. The lowest BCUT2D eigenvalue weighted by Gasteiger charge is -2.06. The van der Waals surface area contributed by atoms with Crippen molar-refractivity contribution < 1.29 is 18.0 Å². The summed E-state index contributed by atoms with van der Waals surface area (Å²) in [5, 5.41) is 4.20. The number of oxime groups is 1. The summed E-state index contributed by atoms with van der Waals surface area (Å²) in [5.74, 6) is 0. The monoisotopic (exact) mass is 313 g/mol. The molecule has 0 amide bonds. The third-order valence-corrected chi connectivity index (χ3v) is 3.04. The summed E-state index contributed by atoms with van der Waals surface area (Å²) in [4.78, 5) is 5.03. The Morgan fingerprint density at radius 3 is 2.57 bits per heavy atom. The lowest BCUT2D eigenvalue weighted by atomic mass is 10.1. The van der Waals surface area contributed by atoms with Crippen LogP contribution in [0, 0.1) is 0 Å². The molecule has 0 unspecified atom stereocenters. The van der Waals surface area contributed by atoms with Crippen LogP contribution in [-0.2, 0) is 17.6 Å². The van der Waals surface area contributed by atoms with Gasteiger partial charge in [-0.2, -0.15) is 13.2 Å². The van der Waals surface area contributed by atoms with Crippen LogP contribution in [0.2, 0.25) is 5.02 Å². The minimum atomic E-state index is -4.37. The van der Waals surface area contributed by atoms with Crippen molar-refractivity contribution in [1.29, 1.82) is 0 Å². The molecule has 0 aliphatic heterocycles. The van der Waals surface area contributed by atoms with E-state index >= 15 is 0 Å². The SMILES string of the molecule is FC(F)(F)c1cccc(C=NOCc2ccccc2Cl)c1. The molecule has 0 aromatic heterocycles. The van der Waals surface area contributed by atoms with E-state index < -0.39 is 11.7 Å². The number of alkyl halides is 3. The maximum absolute atomic E-state index is 12.5. The minimum Gasteiger partial charge on any atom is -0.391 e. The van der Waals surface area contributed by atoms with Gasteiger partial charge in [-0.25, -0.2) is 0 Å². The Morgan fingerprint density at radius 1 is 1.10 bits per heavy atom. The Morgan fingerprint density at radius 2 is 1.86 bits per heavy atom. The van der Waals surface area contributed by atoms with E-state index in [2.05, 4.69) is 5.16 Å². The quantitative estimate of drug-likeness (QED) is 0.580. The highest BCUT2D eigenvalue weighted by atomic mass is 35.5. The molecule has 6 heteroatoms. The molecule has 2 aromatic rings. The van der Waals surface area contributed by atoms with Crippen LogP contribution in [-0.4, -0.2) is 6.21 Å². The highest BCUT2D eigenvalue weighted by Crippen LogP contribution is 2.29. The second-order valence-corrected chi connectivity index (χ2v) is 4.63. The molecule has 0 saturated carbocycles. The van der Waals surface area contributed by atoms with Gasteiger partial charge in [0.1, 0.15) is 6.61 Å². The highest BCUT2D eigenvalue weighted by Gasteiger charge is 2.30. The zero-order valence-corrected chi connectivity index (χ0v) is 11.5. The summed E-state index contributed by atoms with van der Waals surface area (Å²) < 4.78 is 37.6. The average molecular weight is 314 g/mol. The van der Waals surface area contributed by atoms with Gasteiger partial charge in [0.2, 0.25) is 0 Å². The molecular formula is C15H11ClF3NO. The molecule has 0 bridgehead atoms. The first-order valence-electron chi connectivity index (χ1n) is 6.03. The Kier molecular flexibility index (Phi) is 4.85. The predicted octanol–water partition coefficient (Wildman–Crippen LogP) is 4.91. The minimum absolute atomic E-state index is 0.148. The molecule has 21 heavy (non-hydrogen) atoms. The Hall–Kier alpha value is -2.01. The third kappa shape index (κ3) is 4.49. The van der Waals surface area contributed by atoms with Crippen molar-refractivity contribution in [2.45, 2.75) is 12.8 Å². The predicted molar refractivity (Wildman–Crippen MR) is 75.3 cm³/mol. The summed E-state index contributed by atoms with van der Waals surface area (Å²) in [5.41, 5.74) is 0.335. The molecule has 0 radical (unpaired) electrons. The van der Waals surface area contributed by atoms with Gasteiger partial charge in [0.15, 0.2) is 0 Å². The molecular weight excluding hydrogens is 303 g/mol. The maximum Gasteiger partial charge on any atom is 0.416 e. The van der Waals surface area contributed by atoms with Crippen LogP contribution in [0.25, 0.3) is 0 Å². The summed E-state index contributed by atoms with van der Waals surface area (Å²) in [6, 6.07) is 11.9. The molecule has 0 spiro atoms. The standard InChI is InChI=1S/C15H11ClF3NO/c16-14-7-2-1-5-12(14)10-21-20-9-11-4-3-6-13(8-11)15(17,18)19/h1-9H,10H2. The highest BCUT2D eigenvalue weighted by molar-refractivity contribution is 6.31. The van der Waals surface area contributed by atoms with E-state index in [1.807, 2.05) is 0 Å². The van der Waals surface area contributed by atoms with Crippen molar-refractivity contribution in [2.24, 2.45) is 5.16 Å². The number of nitrogens with zero attached hydrogens (tertiary/aromatic N) is 1. The van der Waals surface area contributed by atoms with Crippen LogP contribution in [0.5, 0.6) is 0 Å². The second kappa shape index (κ2) is 6.63. The molecule has 0 atom stereocenters. The largest absolute Gasteiger partial charge is 0.416 e. The zero-order chi connectivity index (χ0) is 15.3. The third-order valence-electron chi connectivity index (χ3n) is 2.67. The van der Waals surface area contributed by atoms with E-state index in [4.69, 9.17) is 16.4 Å². The van der Waals surface area contributed by atoms with Crippen LogP contribution in [0.3, 0.4) is 0 Å². The molecule has 2 nitrogen and oxygen atoms in total. The topological polar surface area (TPSA) is 21.6 Å². The molecule has 0 heterocycles. The molecule has 0 N–H and O–H groups in total. The van der Waals surface area contributed by atoms with E-state index in [0.717, 1.165) is 17.7 Å². The van der Waals surface area contributed by atoms with Crippen molar-refractivity contribution in [1.82, 2.24) is 0 Å². The van der Waals surface area contributed by atoms with Crippen molar-refractivity contribution >= 4 is 17.8 Å². The van der Waals surface area contributed by atoms with Gasteiger partial charge in [0.25, 0.3) is 0 Å². The molecule has 2 aromatic carbocycles. The second-order valence-electron chi connectivity index (χ2n) is 4.22. The fraction of sp³-hybridized carbons (Fsp3) is 0.133. The van der Waals surface area contributed by atoms with Crippen LogP contribution >= 0.6 is 11.6 Å². The van der Waals surface area contributed by atoms with Crippen molar-refractivity contribution in [3.05, 3.63) is 70.2 Å². The Balaban J connectivity index is 1.98. The fourth-order valence-electron chi connectivity index (χ4n) is 1.62. The first-order valence-corrected chi connectivity index (χ1v) is 6.40. The van der Waals surface area contributed by atoms with E-state index in [1.54, 1.807) is 24.3 Å². The van der Waals surface area contributed by atoms with Crippen molar-refractivity contribution in [2.75, 3.05) is 0 Å². The van der Waals surface area contributed by atoms with Crippen LogP contribution in [0.15, 0.2) is 53.7 Å². The van der Waals surface area contributed by atoms with Crippen LogP contribution in [0.1, 0.15) is 16.7 Å². The molecule has 0 fully saturated rings. The van der Waals surface area contributed by atoms with E-state index in [9.17, 15) is 13.2 Å². The lowest BCUT2D eigenvalue weighted by Crippen LogP contribution is -2.05. The number of hydrogen-bond donors (Lipinski definition) is 0. The van der Waals surface area contributed by atoms with Gasteiger partial charge in [-0.15, -0.1) is 0 Å².